The van der Waals surface area contributed by atoms with Gasteiger partial charge in [0.25, 0.3) is 0 Å². The molecule has 0 bridgehead atoms. The standard InChI is InChI=1S/C89H152O17P2/c1-5-9-13-17-21-25-29-33-36-39-41-44-46-50-53-57-61-65-69-73-86(91)99-79-84(105-88(93)75-71-67-63-59-55-49-32-28-24-20-16-12-8-4)81-103-107(95,96)101-77-83(90)78-102-108(97,98)104-82-85(106-89(94)76-72-68-64-60-56-52-48-43-38-35-31-27-23-19-15-11-7-3)80-100-87(92)74-70-66-62-58-54-51-47-45-42-40-37-34-30-26-22-18-14-10-6-2/h10-11,14-15,21-23,25-28,32-38,41-42,44-45,83-85,90H,5-9,12-13,16-20,24,29-31,39-40,43,46-82H2,1-4H3,(H,95,96)(H,97,98)/b14-10-,15-11-,25-21-,26-22-,27-23-,32-28-,36-33-,37-34-,38-35-,44-41-,45-42-. The van der Waals surface area contributed by atoms with Crippen molar-refractivity contribution in [1.82, 2.24) is 0 Å². The molecule has 0 saturated carbocycles. The minimum absolute atomic E-state index is 0.0772. The summed E-state index contributed by atoms with van der Waals surface area (Å²) >= 11 is 0. The number of aliphatic hydroxyl groups excluding tert-OH is 1. The van der Waals surface area contributed by atoms with Crippen LogP contribution < -0.4 is 0 Å². The minimum Gasteiger partial charge on any atom is -0.462 e. The molecular formula is C89H152O17P2. The first-order valence-electron chi connectivity index (χ1n) is 42.4. The normalized spacial score (nSPS) is 14.5. The molecule has 5 unspecified atom stereocenters. The minimum atomic E-state index is -4.99. The van der Waals surface area contributed by atoms with Crippen LogP contribution in [0.1, 0.15) is 349 Å². The number of carbonyl (C=O) groups excluding carboxylic acids is 4. The van der Waals surface area contributed by atoms with E-state index in [9.17, 15) is 43.2 Å². The number of ether oxygens (including phenoxy) is 4. The zero-order valence-electron chi connectivity index (χ0n) is 68.0. The summed E-state index contributed by atoms with van der Waals surface area (Å²) in [5.41, 5.74) is 0. The molecular weight excluding hydrogens is 1400 g/mol. The number of phosphoric acid groups is 2. The second-order valence-electron chi connectivity index (χ2n) is 28.0. The summed E-state index contributed by atoms with van der Waals surface area (Å²) in [6.07, 6.45) is 91.2. The first kappa shape index (κ1) is 103. The molecule has 620 valence electrons. The number of rotatable bonds is 79. The summed E-state index contributed by atoms with van der Waals surface area (Å²) < 4.78 is 68.8. The molecule has 0 rings (SSSR count). The lowest BCUT2D eigenvalue weighted by atomic mass is 10.1. The van der Waals surface area contributed by atoms with E-state index < -0.39 is 97.5 Å². The van der Waals surface area contributed by atoms with Gasteiger partial charge in [0.1, 0.15) is 19.3 Å². The molecule has 0 aromatic carbocycles. The Balaban J connectivity index is 5.38. The first-order valence-corrected chi connectivity index (χ1v) is 45.4. The van der Waals surface area contributed by atoms with E-state index in [1.54, 1.807) is 0 Å². The molecule has 0 fully saturated rings. The van der Waals surface area contributed by atoms with Crippen molar-refractivity contribution in [3.63, 3.8) is 0 Å². The van der Waals surface area contributed by atoms with Crippen molar-refractivity contribution in [1.29, 1.82) is 0 Å². The average Bonchev–Trinajstić information content (AvgIpc) is 0.886. The number of unbranched alkanes of at least 4 members (excludes halogenated alkanes) is 31. The largest absolute Gasteiger partial charge is 0.472 e. The van der Waals surface area contributed by atoms with Gasteiger partial charge in [-0.05, 0) is 161 Å². The molecule has 0 aliphatic heterocycles. The number of allylic oxidation sites excluding steroid dienone is 22. The summed E-state index contributed by atoms with van der Waals surface area (Å²) in [4.78, 5) is 73.2. The maximum Gasteiger partial charge on any atom is 0.472 e. The van der Waals surface area contributed by atoms with E-state index in [0.717, 1.165) is 225 Å². The van der Waals surface area contributed by atoms with Gasteiger partial charge >= 0.3 is 39.5 Å². The molecule has 19 heteroatoms. The van der Waals surface area contributed by atoms with Crippen molar-refractivity contribution in [3.05, 3.63) is 134 Å². The Morgan fingerprint density at radius 2 is 0.481 bits per heavy atom. The molecule has 0 aliphatic rings. The Hall–Kier alpha value is -4.80. The molecule has 0 spiro atoms. The van der Waals surface area contributed by atoms with Crippen LogP contribution in [0.5, 0.6) is 0 Å². The van der Waals surface area contributed by atoms with Crippen molar-refractivity contribution in [2.24, 2.45) is 0 Å². The van der Waals surface area contributed by atoms with Crippen LogP contribution in [-0.2, 0) is 65.4 Å². The molecule has 108 heavy (non-hydrogen) atoms. The maximum absolute atomic E-state index is 13.1. The Morgan fingerprint density at radius 1 is 0.269 bits per heavy atom. The van der Waals surface area contributed by atoms with E-state index in [-0.39, 0.29) is 25.7 Å². The van der Waals surface area contributed by atoms with E-state index in [0.29, 0.717) is 25.7 Å². The zero-order chi connectivity index (χ0) is 78.9. The fourth-order valence-electron chi connectivity index (χ4n) is 11.2. The fourth-order valence-corrected chi connectivity index (χ4v) is 12.7. The van der Waals surface area contributed by atoms with Gasteiger partial charge in [-0.3, -0.25) is 37.3 Å². The lowest BCUT2D eigenvalue weighted by molar-refractivity contribution is -0.161. The summed E-state index contributed by atoms with van der Waals surface area (Å²) in [7, 11) is -9.98. The highest BCUT2D eigenvalue weighted by molar-refractivity contribution is 7.47. The van der Waals surface area contributed by atoms with Gasteiger partial charge in [-0.1, -0.05) is 296 Å². The van der Waals surface area contributed by atoms with Gasteiger partial charge in [0.05, 0.1) is 26.4 Å². The van der Waals surface area contributed by atoms with Gasteiger partial charge in [-0.25, -0.2) is 9.13 Å². The van der Waals surface area contributed by atoms with Crippen LogP contribution in [0.4, 0.5) is 0 Å². The molecule has 0 radical (unpaired) electrons. The smallest absolute Gasteiger partial charge is 0.462 e. The molecule has 5 atom stereocenters. The predicted molar refractivity (Wildman–Crippen MR) is 445 cm³/mol. The number of hydrogen-bond donors (Lipinski definition) is 3. The number of hydrogen-bond acceptors (Lipinski definition) is 15. The van der Waals surface area contributed by atoms with Crippen molar-refractivity contribution >= 4 is 39.5 Å². The SMILES string of the molecule is CC/C=C\C/C=C\C/C=C\C/C=C\CCCCCCCCC(=O)OCC(COP(=O)(O)OCC(O)COP(=O)(O)OCC(COC(=O)CCCCCCCC/C=C\C/C=C\C/C=C\CCCCC)OC(=O)CCCCCCC/C=C\CCCCCC)OC(=O)CCCCCCCCC/C=C\C/C=C\C/C=C\CC. The number of carbonyl (C=O) groups is 4. The van der Waals surface area contributed by atoms with Crippen LogP contribution in [0.15, 0.2) is 134 Å². The van der Waals surface area contributed by atoms with E-state index in [1.807, 2.05) is 0 Å². The molecule has 0 aliphatic carbocycles. The number of phosphoric ester groups is 2. The van der Waals surface area contributed by atoms with Gasteiger partial charge in [0.2, 0.25) is 0 Å². The molecule has 3 N–H and O–H groups in total. The summed E-state index contributed by atoms with van der Waals surface area (Å²) in [5.74, 6) is -2.21. The Morgan fingerprint density at radius 3 is 0.769 bits per heavy atom. The quantitative estimate of drug-likeness (QED) is 0.0169. The van der Waals surface area contributed by atoms with Crippen molar-refractivity contribution < 1.29 is 80.2 Å². The third-order valence-corrected chi connectivity index (χ3v) is 19.5. The van der Waals surface area contributed by atoms with E-state index in [2.05, 4.69) is 161 Å². The van der Waals surface area contributed by atoms with E-state index in [4.69, 9.17) is 37.0 Å². The van der Waals surface area contributed by atoms with Crippen molar-refractivity contribution in [3.8, 4) is 0 Å². The van der Waals surface area contributed by atoms with Crippen LogP contribution in [0.2, 0.25) is 0 Å². The first-order chi connectivity index (χ1) is 52.7. The zero-order valence-corrected chi connectivity index (χ0v) is 69.8. The molecule has 0 saturated heterocycles. The number of aliphatic hydroxyl groups is 1. The Bertz CT molecular complexity index is 2560. The monoisotopic (exact) mass is 1560 g/mol. The average molecular weight is 1560 g/mol. The third kappa shape index (κ3) is 79.3. The van der Waals surface area contributed by atoms with Crippen LogP contribution in [-0.4, -0.2) is 96.7 Å². The van der Waals surface area contributed by atoms with Crippen molar-refractivity contribution in [2.75, 3.05) is 39.6 Å². The molecule has 0 aromatic rings. The third-order valence-electron chi connectivity index (χ3n) is 17.6. The van der Waals surface area contributed by atoms with Crippen molar-refractivity contribution in [2.45, 2.75) is 367 Å². The lowest BCUT2D eigenvalue weighted by Gasteiger charge is -2.21. The number of esters is 4. The van der Waals surface area contributed by atoms with E-state index in [1.165, 1.54) is 44.9 Å². The van der Waals surface area contributed by atoms with Crippen LogP contribution in [0, 0.1) is 0 Å². The Kier molecular flexibility index (Phi) is 76.7. The molecule has 0 amide bonds. The summed E-state index contributed by atoms with van der Waals surface area (Å²) in [6.45, 7) is 4.60. The van der Waals surface area contributed by atoms with Gasteiger partial charge in [-0.2, -0.15) is 0 Å². The molecule has 0 heterocycles. The van der Waals surface area contributed by atoms with Gasteiger partial charge < -0.3 is 33.8 Å². The second kappa shape index (κ2) is 80.3. The molecule has 17 nitrogen and oxygen atoms in total. The summed E-state index contributed by atoms with van der Waals surface area (Å²) in [6, 6.07) is 0. The molecule has 0 aromatic heterocycles. The summed E-state index contributed by atoms with van der Waals surface area (Å²) in [5, 5.41) is 10.7. The van der Waals surface area contributed by atoms with Gasteiger partial charge in [-0.15, -0.1) is 0 Å². The maximum atomic E-state index is 13.1. The predicted octanol–water partition coefficient (Wildman–Crippen LogP) is 25.2. The van der Waals surface area contributed by atoms with Gasteiger partial charge in [0, 0.05) is 25.7 Å². The van der Waals surface area contributed by atoms with E-state index >= 15 is 0 Å². The highest BCUT2D eigenvalue weighted by Crippen LogP contribution is 2.45. The fraction of sp³-hybridized carbons (Fsp3) is 0.708. The van der Waals surface area contributed by atoms with Crippen LogP contribution in [0.3, 0.4) is 0 Å². The van der Waals surface area contributed by atoms with Crippen LogP contribution in [0.25, 0.3) is 0 Å². The highest BCUT2D eigenvalue weighted by atomic mass is 31.2. The van der Waals surface area contributed by atoms with Crippen LogP contribution >= 0.6 is 15.6 Å². The highest BCUT2D eigenvalue weighted by Gasteiger charge is 2.30. The van der Waals surface area contributed by atoms with Gasteiger partial charge in [0.15, 0.2) is 12.2 Å². The Labute approximate surface area is 656 Å². The second-order valence-corrected chi connectivity index (χ2v) is 30.9. The topological polar surface area (TPSA) is 237 Å². The lowest BCUT2D eigenvalue weighted by Crippen LogP contribution is -2.30.